The summed E-state index contributed by atoms with van der Waals surface area (Å²) in [5.74, 6) is -3.13. The standard InChI is InChI=1S/C59H104O12/c1-4-7-10-13-16-19-22-25-26-29-30-33-36-39-42-45-51(60)67-48-50(69-52(61)46-43-40-37-34-31-27-23-20-17-14-11-8-5-2)49-68-59-57(55(64)54(63)56(71-59)58(65)66)70-53(62)47-44-41-38-35-32-28-24-21-18-15-12-9-6-3/h11,14,20,23,25-26,50,54-57,59,63-64H,4-10,12-13,15-19,21-22,24,27-49H2,1-3H3,(H,65,66)/b14-11-,23-20-,26-25-. The van der Waals surface area contributed by atoms with Gasteiger partial charge in [-0.2, -0.15) is 0 Å². The molecule has 0 aromatic rings. The minimum atomic E-state index is -1.90. The SMILES string of the molecule is CCC/C=C\C/C=C\CCCCCCCC(=O)OC(COC(=O)CCCCCCC/C=C\CCCCCCCC)COC1OC(C(=O)O)C(O)C(O)C1OC(=O)CCCCCCCCCCCCCCC. The van der Waals surface area contributed by atoms with Crippen molar-refractivity contribution in [1.29, 1.82) is 0 Å². The van der Waals surface area contributed by atoms with E-state index in [1.54, 1.807) is 0 Å². The normalized spacial score (nSPS) is 18.7. The molecular formula is C59H104O12. The van der Waals surface area contributed by atoms with E-state index in [2.05, 4.69) is 57.2 Å². The molecule has 0 radical (unpaired) electrons. The summed E-state index contributed by atoms with van der Waals surface area (Å²) in [6, 6.07) is 0. The molecule has 0 aromatic carbocycles. The van der Waals surface area contributed by atoms with Gasteiger partial charge in [0.15, 0.2) is 24.6 Å². The minimum absolute atomic E-state index is 0.0626. The van der Waals surface area contributed by atoms with Gasteiger partial charge < -0.3 is 39.0 Å². The Hall–Kier alpha value is -3.06. The van der Waals surface area contributed by atoms with Crippen LogP contribution in [0.15, 0.2) is 36.5 Å². The van der Waals surface area contributed by atoms with Gasteiger partial charge in [-0.1, -0.05) is 211 Å². The molecule has 6 unspecified atom stereocenters. The molecule has 0 saturated carbocycles. The van der Waals surface area contributed by atoms with Crippen LogP contribution < -0.4 is 0 Å². The monoisotopic (exact) mass is 1000 g/mol. The van der Waals surface area contributed by atoms with E-state index in [1.165, 1.54) is 89.9 Å². The Morgan fingerprint density at radius 2 is 0.873 bits per heavy atom. The fraction of sp³-hybridized carbons (Fsp3) is 0.831. The number of carboxylic acids is 1. The molecule has 0 aliphatic carbocycles. The highest BCUT2D eigenvalue weighted by atomic mass is 16.7. The fourth-order valence-corrected chi connectivity index (χ4v) is 8.69. The van der Waals surface area contributed by atoms with Crippen LogP contribution in [0.25, 0.3) is 0 Å². The van der Waals surface area contributed by atoms with Gasteiger partial charge in [-0.05, 0) is 70.6 Å². The van der Waals surface area contributed by atoms with E-state index in [4.69, 9.17) is 23.7 Å². The van der Waals surface area contributed by atoms with Crippen LogP contribution >= 0.6 is 0 Å². The fourth-order valence-electron chi connectivity index (χ4n) is 8.69. The van der Waals surface area contributed by atoms with E-state index >= 15 is 0 Å². The van der Waals surface area contributed by atoms with E-state index in [0.717, 1.165) is 116 Å². The molecule has 12 heteroatoms. The molecule has 6 atom stereocenters. The lowest BCUT2D eigenvalue weighted by Gasteiger charge is -2.40. The highest BCUT2D eigenvalue weighted by molar-refractivity contribution is 5.74. The van der Waals surface area contributed by atoms with Crippen LogP contribution in [-0.2, 0) is 42.9 Å². The summed E-state index contributed by atoms with van der Waals surface area (Å²) in [5, 5.41) is 31.4. The Bertz CT molecular complexity index is 1380. The van der Waals surface area contributed by atoms with Gasteiger partial charge in [0.2, 0.25) is 0 Å². The molecule has 12 nitrogen and oxygen atoms in total. The average molecular weight is 1010 g/mol. The lowest BCUT2D eigenvalue weighted by Crippen LogP contribution is -2.61. The topological polar surface area (TPSA) is 175 Å². The van der Waals surface area contributed by atoms with Crippen LogP contribution in [0.5, 0.6) is 0 Å². The average Bonchev–Trinajstić information content (AvgIpc) is 3.35. The second-order valence-electron chi connectivity index (χ2n) is 19.9. The molecule has 3 N–H and O–H groups in total. The number of carbonyl (C=O) groups is 4. The third kappa shape index (κ3) is 38.2. The molecule has 71 heavy (non-hydrogen) atoms. The first-order chi connectivity index (χ1) is 34.6. The molecule has 1 fully saturated rings. The maximum Gasteiger partial charge on any atom is 0.335 e. The smallest absolute Gasteiger partial charge is 0.335 e. The number of esters is 3. The van der Waals surface area contributed by atoms with E-state index in [0.29, 0.717) is 19.3 Å². The number of hydrogen-bond acceptors (Lipinski definition) is 11. The van der Waals surface area contributed by atoms with Crippen LogP contribution in [0, 0.1) is 0 Å². The lowest BCUT2D eigenvalue weighted by atomic mass is 9.98. The number of allylic oxidation sites excluding steroid dienone is 6. The summed E-state index contributed by atoms with van der Waals surface area (Å²) in [6.45, 7) is 5.91. The molecule has 1 rings (SSSR count). The Labute approximate surface area is 431 Å². The maximum atomic E-state index is 13.1. The zero-order valence-corrected chi connectivity index (χ0v) is 45.2. The molecule has 1 saturated heterocycles. The number of carbonyl (C=O) groups excluding carboxylic acids is 3. The Balaban J connectivity index is 2.71. The van der Waals surface area contributed by atoms with Crippen LogP contribution in [0.3, 0.4) is 0 Å². The maximum absolute atomic E-state index is 13.1. The summed E-state index contributed by atoms with van der Waals surface area (Å²) in [4.78, 5) is 51.0. The largest absolute Gasteiger partial charge is 0.479 e. The predicted octanol–water partition coefficient (Wildman–Crippen LogP) is 14.5. The first-order valence-electron chi connectivity index (χ1n) is 29.0. The number of hydrogen-bond donors (Lipinski definition) is 3. The number of ether oxygens (including phenoxy) is 5. The minimum Gasteiger partial charge on any atom is -0.479 e. The molecule has 1 aliphatic rings. The van der Waals surface area contributed by atoms with Gasteiger partial charge in [-0.15, -0.1) is 0 Å². The van der Waals surface area contributed by atoms with Crippen molar-refractivity contribution in [3.63, 3.8) is 0 Å². The van der Waals surface area contributed by atoms with E-state index in [1.807, 2.05) is 0 Å². The molecule has 412 valence electrons. The first-order valence-corrected chi connectivity index (χ1v) is 29.0. The van der Waals surface area contributed by atoms with Gasteiger partial charge in [0.05, 0.1) is 6.61 Å². The number of aliphatic hydroxyl groups excluding tert-OH is 2. The molecule has 0 aromatic heterocycles. The second kappa shape index (κ2) is 47.9. The van der Waals surface area contributed by atoms with E-state index in [-0.39, 0.29) is 25.9 Å². The van der Waals surface area contributed by atoms with Gasteiger partial charge in [0, 0.05) is 19.3 Å². The second-order valence-corrected chi connectivity index (χ2v) is 19.9. The van der Waals surface area contributed by atoms with Crippen LogP contribution in [0.2, 0.25) is 0 Å². The number of aliphatic carboxylic acids is 1. The molecule has 1 heterocycles. The summed E-state index contributed by atoms with van der Waals surface area (Å²) >= 11 is 0. The number of unbranched alkanes of at least 4 members (excludes halogenated alkanes) is 29. The van der Waals surface area contributed by atoms with Gasteiger partial charge >= 0.3 is 23.9 Å². The number of carboxylic acid groups (broad SMARTS) is 1. The van der Waals surface area contributed by atoms with E-state index < -0.39 is 67.3 Å². The van der Waals surface area contributed by atoms with Crippen molar-refractivity contribution in [3.8, 4) is 0 Å². The molecule has 0 amide bonds. The molecule has 0 spiro atoms. The summed E-state index contributed by atoms with van der Waals surface area (Å²) < 4.78 is 28.4. The van der Waals surface area contributed by atoms with Crippen molar-refractivity contribution in [2.24, 2.45) is 0 Å². The highest BCUT2D eigenvalue weighted by Gasteiger charge is 2.50. The van der Waals surface area contributed by atoms with Crippen LogP contribution in [0.4, 0.5) is 0 Å². The lowest BCUT2D eigenvalue weighted by molar-refractivity contribution is -0.301. The third-order valence-corrected chi connectivity index (χ3v) is 13.2. The zero-order chi connectivity index (χ0) is 51.8. The van der Waals surface area contributed by atoms with Gasteiger partial charge in [-0.25, -0.2) is 4.79 Å². The van der Waals surface area contributed by atoms with Crippen LogP contribution in [0.1, 0.15) is 265 Å². The summed E-state index contributed by atoms with van der Waals surface area (Å²) in [6.07, 6.45) is 42.6. The molecule has 0 bridgehead atoms. The van der Waals surface area contributed by atoms with Gasteiger partial charge in [0.1, 0.15) is 18.8 Å². The summed E-state index contributed by atoms with van der Waals surface area (Å²) in [7, 11) is 0. The van der Waals surface area contributed by atoms with Crippen LogP contribution in [-0.4, -0.2) is 89.2 Å². The number of rotatable bonds is 49. The Kier molecular flexibility index (Phi) is 44.5. The van der Waals surface area contributed by atoms with Crippen molar-refractivity contribution in [2.75, 3.05) is 13.2 Å². The number of aliphatic hydroxyl groups is 2. The third-order valence-electron chi connectivity index (χ3n) is 13.2. The van der Waals surface area contributed by atoms with Crippen molar-refractivity contribution >= 4 is 23.9 Å². The molecule has 1 aliphatic heterocycles. The quantitative estimate of drug-likeness (QED) is 0.0228. The first kappa shape index (κ1) is 66.0. The predicted molar refractivity (Wildman–Crippen MR) is 285 cm³/mol. The van der Waals surface area contributed by atoms with E-state index in [9.17, 15) is 34.5 Å². The highest BCUT2D eigenvalue weighted by Crippen LogP contribution is 2.26. The Morgan fingerprint density at radius 1 is 0.465 bits per heavy atom. The van der Waals surface area contributed by atoms with Gasteiger partial charge in [-0.3, -0.25) is 14.4 Å². The van der Waals surface area contributed by atoms with Crippen molar-refractivity contribution in [3.05, 3.63) is 36.5 Å². The zero-order valence-electron chi connectivity index (χ0n) is 45.2. The van der Waals surface area contributed by atoms with Crippen molar-refractivity contribution < 1.29 is 58.2 Å². The molecular weight excluding hydrogens is 901 g/mol. The summed E-state index contributed by atoms with van der Waals surface area (Å²) in [5.41, 5.74) is 0. The van der Waals surface area contributed by atoms with Gasteiger partial charge in [0.25, 0.3) is 0 Å². The van der Waals surface area contributed by atoms with Crippen molar-refractivity contribution in [2.45, 2.75) is 302 Å². The Morgan fingerprint density at radius 3 is 1.34 bits per heavy atom. The van der Waals surface area contributed by atoms with Crippen molar-refractivity contribution in [1.82, 2.24) is 0 Å².